The molecule has 3 N–H and O–H groups in total. The predicted octanol–water partition coefficient (Wildman–Crippen LogP) is 4.93. The van der Waals surface area contributed by atoms with Gasteiger partial charge in [-0.25, -0.2) is 0 Å². The van der Waals surface area contributed by atoms with Gasteiger partial charge in [0.25, 0.3) is 0 Å². The number of benzene rings is 2. The highest BCUT2D eigenvalue weighted by Gasteiger charge is 2.03. The smallest absolute Gasteiger partial charge is 0.0395 e. The average molecular weight is 268 g/mol. The van der Waals surface area contributed by atoms with E-state index in [9.17, 15) is 0 Å². The minimum absolute atomic E-state index is 0.827. The van der Waals surface area contributed by atoms with Crippen molar-refractivity contribution in [2.24, 2.45) is 0 Å². The summed E-state index contributed by atoms with van der Waals surface area (Å²) in [7, 11) is 0. The Balaban J connectivity index is 2.02. The minimum atomic E-state index is 0.827. The molecule has 2 aromatic rings. The minimum Gasteiger partial charge on any atom is -0.398 e. The predicted molar refractivity (Wildman–Crippen MR) is 88.9 cm³/mol. The summed E-state index contributed by atoms with van der Waals surface area (Å²) < 4.78 is 0. The van der Waals surface area contributed by atoms with Crippen molar-refractivity contribution in [2.75, 3.05) is 17.6 Å². The first-order valence-electron chi connectivity index (χ1n) is 7.50. The largest absolute Gasteiger partial charge is 0.398 e. The van der Waals surface area contributed by atoms with Gasteiger partial charge in [0, 0.05) is 23.5 Å². The van der Waals surface area contributed by atoms with E-state index in [4.69, 9.17) is 5.73 Å². The van der Waals surface area contributed by atoms with Crippen molar-refractivity contribution in [1.29, 1.82) is 0 Å². The van der Waals surface area contributed by atoms with Gasteiger partial charge in [-0.05, 0) is 30.2 Å². The van der Waals surface area contributed by atoms with Crippen molar-refractivity contribution >= 4 is 11.4 Å². The molecule has 0 spiro atoms. The van der Waals surface area contributed by atoms with Crippen LogP contribution in [-0.4, -0.2) is 6.54 Å². The summed E-state index contributed by atoms with van der Waals surface area (Å²) in [6, 6.07) is 16.5. The van der Waals surface area contributed by atoms with E-state index in [0.717, 1.165) is 23.5 Å². The Morgan fingerprint density at radius 1 is 0.950 bits per heavy atom. The maximum atomic E-state index is 6.09. The van der Waals surface area contributed by atoms with Gasteiger partial charge in [0.2, 0.25) is 0 Å². The first-order chi connectivity index (χ1) is 9.81. The lowest BCUT2D eigenvalue weighted by Crippen LogP contribution is -2.02. The van der Waals surface area contributed by atoms with Crippen LogP contribution in [0.2, 0.25) is 0 Å². The van der Waals surface area contributed by atoms with Crippen molar-refractivity contribution in [3.05, 3.63) is 48.5 Å². The molecule has 106 valence electrons. The maximum Gasteiger partial charge on any atom is 0.0395 e. The van der Waals surface area contributed by atoms with Gasteiger partial charge < -0.3 is 11.1 Å². The van der Waals surface area contributed by atoms with Gasteiger partial charge in [0.1, 0.15) is 0 Å². The molecule has 0 amide bonds. The van der Waals surface area contributed by atoms with Crippen LogP contribution < -0.4 is 11.1 Å². The van der Waals surface area contributed by atoms with E-state index in [1.54, 1.807) is 0 Å². The molecule has 2 nitrogen and oxygen atoms in total. The number of hydrogen-bond acceptors (Lipinski definition) is 2. The second kappa shape index (κ2) is 7.59. The summed E-state index contributed by atoms with van der Waals surface area (Å²) >= 11 is 0. The van der Waals surface area contributed by atoms with Crippen LogP contribution in [0, 0.1) is 0 Å². The highest BCUT2D eigenvalue weighted by molar-refractivity contribution is 5.79. The number of nitrogen functional groups attached to an aromatic ring is 1. The van der Waals surface area contributed by atoms with Crippen molar-refractivity contribution in [2.45, 2.75) is 32.6 Å². The molecular formula is C18H24N2. The lowest BCUT2D eigenvalue weighted by atomic mass is 10.0. The lowest BCUT2D eigenvalue weighted by molar-refractivity contribution is 0.685. The van der Waals surface area contributed by atoms with E-state index in [0.29, 0.717) is 0 Å². The van der Waals surface area contributed by atoms with Gasteiger partial charge >= 0.3 is 0 Å². The molecule has 0 unspecified atom stereocenters. The van der Waals surface area contributed by atoms with Gasteiger partial charge in [-0.15, -0.1) is 0 Å². The van der Waals surface area contributed by atoms with E-state index in [2.05, 4.69) is 36.5 Å². The second-order valence-electron chi connectivity index (χ2n) is 5.16. The third-order valence-corrected chi connectivity index (χ3v) is 3.50. The molecule has 2 aromatic carbocycles. The fourth-order valence-electron chi connectivity index (χ4n) is 2.32. The lowest BCUT2D eigenvalue weighted by Gasteiger charge is -2.11. The van der Waals surface area contributed by atoms with E-state index in [-0.39, 0.29) is 0 Å². The van der Waals surface area contributed by atoms with Crippen molar-refractivity contribution in [1.82, 2.24) is 0 Å². The molecule has 2 heteroatoms. The summed E-state index contributed by atoms with van der Waals surface area (Å²) in [5.74, 6) is 0. The first-order valence-corrected chi connectivity index (χ1v) is 7.50. The summed E-state index contributed by atoms with van der Waals surface area (Å²) in [5, 5.41) is 3.49. The Morgan fingerprint density at radius 3 is 2.50 bits per heavy atom. The van der Waals surface area contributed by atoms with Crippen LogP contribution >= 0.6 is 0 Å². The average Bonchev–Trinajstić information content (AvgIpc) is 2.49. The van der Waals surface area contributed by atoms with Crippen LogP contribution in [0.1, 0.15) is 32.6 Å². The Hall–Kier alpha value is -1.96. The topological polar surface area (TPSA) is 38.0 Å². The van der Waals surface area contributed by atoms with Gasteiger partial charge in [0.15, 0.2) is 0 Å². The maximum absolute atomic E-state index is 6.09. The molecular weight excluding hydrogens is 244 g/mol. The highest BCUT2D eigenvalue weighted by atomic mass is 14.9. The summed E-state index contributed by atoms with van der Waals surface area (Å²) in [6.45, 7) is 3.26. The fraction of sp³-hybridized carbons (Fsp3) is 0.333. The third-order valence-electron chi connectivity index (χ3n) is 3.50. The Kier molecular flexibility index (Phi) is 5.48. The summed E-state index contributed by atoms with van der Waals surface area (Å²) in [5.41, 5.74) is 10.3. The van der Waals surface area contributed by atoms with Gasteiger partial charge in [-0.2, -0.15) is 0 Å². The molecule has 0 aliphatic carbocycles. The SMILES string of the molecule is CCCCCCNc1ccc(N)c(-c2ccccc2)c1. The van der Waals surface area contributed by atoms with Gasteiger partial charge in [-0.3, -0.25) is 0 Å². The molecule has 0 saturated heterocycles. The molecule has 0 bridgehead atoms. The number of rotatable bonds is 7. The number of nitrogens with one attached hydrogen (secondary N) is 1. The van der Waals surface area contributed by atoms with E-state index in [1.165, 1.54) is 31.2 Å². The molecule has 20 heavy (non-hydrogen) atoms. The number of unbranched alkanes of at least 4 members (excludes halogenated alkanes) is 3. The molecule has 0 aliphatic rings. The molecule has 0 radical (unpaired) electrons. The summed E-state index contributed by atoms with van der Waals surface area (Å²) in [4.78, 5) is 0. The van der Waals surface area contributed by atoms with Crippen molar-refractivity contribution in [3.8, 4) is 11.1 Å². The Morgan fingerprint density at radius 2 is 1.75 bits per heavy atom. The Labute approximate surface area is 122 Å². The molecule has 0 saturated carbocycles. The zero-order valence-electron chi connectivity index (χ0n) is 12.2. The third kappa shape index (κ3) is 4.02. The van der Waals surface area contributed by atoms with Gasteiger partial charge in [0.05, 0.1) is 0 Å². The monoisotopic (exact) mass is 268 g/mol. The van der Waals surface area contributed by atoms with Crippen LogP contribution in [0.5, 0.6) is 0 Å². The first kappa shape index (κ1) is 14.4. The standard InChI is InChI=1S/C18H24N2/c1-2-3-4-8-13-20-16-11-12-18(19)17(14-16)15-9-6-5-7-10-15/h5-7,9-12,14,20H,2-4,8,13,19H2,1H3. The quantitative estimate of drug-likeness (QED) is 0.552. The normalized spacial score (nSPS) is 10.4. The van der Waals surface area contributed by atoms with Gasteiger partial charge in [-0.1, -0.05) is 56.5 Å². The van der Waals surface area contributed by atoms with E-state index >= 15 is 0 Å². The number of hydrogen-bond donors (Lipinski definition) is 2. The van der Waals surface area contributed by atoms with E-state index < -0.39 is 0 Å². The van der Waals surface area contributed by atoms with E-state index in [1.807, 2.05) is 24.3 Å². The van der Waals surface area contributed by atoms with Crippen LogP contribution in [0.25, 0.3) is 11.1 Å². The molecule has 0 aromatic heterocycles. The second-order valence-corrected chi connectivity index (χ2v) is 5.16. The van der Waals surface area contributed by atoms with Crippen molar-refractivity contribution in [3.63, 3.8) is 0 Å². The molecule has 2 rings (SSSR count). The van der Waals surface area contributed by atoms with Crippen molar-refractivity contribution < 1.29 is 0 Å². The zero-order chi connectivity index (χ0) is 14.2. The fourth-order valence-corrected chi connectivity index (χ4v) is 2.32. The molecule has 0 heterocycles. The van der Waals surface area contributed by atoms with Crippen LogP contribution in [0.3, 0.4) is 0 Å². The number of anilines is 2. The zero-order valence-corrected chi connectivity index (χ0v) is 12.2. The Bertz CT molecular complexity index is 520. The highest BCUT2D eigenvalue weighted by Crippen LogP contribution is 2.28. The molecule has 0 aliphatic heterocycles. The number of nitrogens with two attached hydrogens (primary N) is 1. The van der Waals surface area contributed by atoms with Crippen LogP contribution in [-0.2, 0) is 0 Å². The molecule has 0 atom stereocenters. The molecule has 0 fully saturated rings. The van der Waals surface area contributed by atoms with Crippen LogP contribution in [0.15, 0.2) is 48.5 Å². The summed E-state index contributed by atoms with van der Waals surface area (Å²) in [6.07, 6.45) is 5.11. The van der Waals surface area contributed by atoms with Crippen LogP contribution in [0.4, 0.5) is 11.4 Å².